The quantitative estimate of drug-likeness (QED) is 0.669. The lowest BCUT2D eigenvalue weighted by molar-refractivity contribution is 0.576. The zero-order valence-corrected chi connectivity index (χ0v) is 13.2. The van der Waals surface area contributed by atoms with Crippen LogP contribution in [0.15, 0.2) is 48.7 Å². The summed E-state index contributed by atoms with van der Waals surface area (Å²) >= 11 is 12.2. The summed E-state index contributed by atoms with van der Waals surface area (Å²) in [5.41, 5.74) is 3.40. The third kappa shape index (κ3) is 3.08. The number of rotatable bonds is 4. The van der Waals surface area contributed by atoms with E-state index in [1.165, 1.54) is 10.9 Å². The smallest absolute Gasteiger partial charge is 0.0472 e. The van der Waals surface area contributed by atoms with E-state index in [2.05, 4.69) is 23.3 Å². The molecule has 1 atom stereocenters. The van der Waals surface area contributed by atoms with Crippen molar-refractivity contribution in [3.63, 3.8) is 0 Å². The third-order valence-electron chi connectivity index (χ3n) is 3.70. The van der Waals surface area contributed by atoms with Gasteiger partial charge in [0, 0.05) is 39.7 Å². The van der Waals surface area contributed by atoms with Crippen molar-refractivity contribution in [3.8, 4) is 0 Å². The van der Waals surface area contributed by atoms with E-state index in [-0.39, 0.29) is 6.04 Å². The van der Waals surface area contributed by atoms with Crippen LogP contribution < -0.4 is 5.32 Å². The standard InChI is InChI=1S/C17H16Cl2N2/c1-11(14-4-2-3-5-16(14)19)20-9-12-10-21-17-8-13(18)6-7-15(12)17/h2-8,10-11,20-21H,9H2,1H3. The molecule has 2 aromatic carbocycles. The Hall–Kier alpha value is -1.48. The number of hydrogen-bond donors (Lipinski definition) is 2. The zero-order chi connectivity index (χ0) is 14.8. The predicted octanol–water partition coefficient (Wildman–Crippen LogP) is 5.33. The number of H-pyrrole nitrogens is 1. The lowest BCUT2D eigenvalue weighted by atomic mass is 10.1. The molecule has 3 aromatic rings. The Labute approximate surface area is 134 Å². The maximum Gasteiger partial charge on any atom is 0.0472 e. The molecule has 3 rings (SSSR count). The Kier molecular flexibility index (Phi) is 4.20. The van der Waals surface area contributed by atoms with Crippen molar-refractivity contribution in [2.75, 3.05) is 0 Å². The molecule has 0 amide bonds. The van der Waals surface area contributed by atoms with Crippen LogP contribution in [-0.4, -0.2) is 4.98 Å². The van der Waals surface area contributed by atoms with Gasteiger partial charge in [0.1, 0.15) is 0 Å². The molecule has 108 valence electrons. The molecule has 2 N–H and O–H groups in total. The number of aromatic amines is 1. The summed E-state index contributed by atoms with van der Waals surface area (Å²) in [6.45, 7) is 2.89. The molecule has 2 nitrogen and oxygen atoms in total. The minimum Gasteiger partial charge on any atom is -0.361 e. The molecule has 21 heavy (non-hydrogen) atoms. The highest BCUT2D eigenvalue weighted by Gasteiger charge is 2.10. The highest BCUT2D eigenvalue weighted by molar-refractivity contribution is 6.31. The van der Waals surface area contributed by atoms with Crippen LogP contribution in [0.3, 0.4) is 0 Å². The van der Waals surface area contributed by atoms with E-state index < -0.39 is 0 Å². The van der Waals surface area contributed by atoms with Gasteiger partial charge in [0.2, 0.25) is 0 Å². The van der Waals surface area contributed by atoms with E-state index in [0.29, 0.717) is 0 Å². The van der Waals surface area contributed by atoms with Crippen molar-refractivity contribution in [1.29, 1.82) is 0 Å². The molecule has 0 saturated carbocycles. The predicted molar refractivity (Wildman–Crippen MR) is 90.0 cm³/mol. The van der Waals surface area contributed by atoms with Crippen molar-refractivity contribution in [2.45, 2.75) is 19.5 Å². The average molecular weight is 319 g/mol. The first-order valence-electron chi connectivity index (χ1n) is 6.88. The summed E-state index contributed by atoms with van der Waals surface area (Å²) in [7, 11) is 0. The summed E-state index contributed by atoms with van der Waals surface area (Å²) in [5.74, 6) is 0. The fourth-order valence-corrected chi connectivity index (χ4v) is 2.98. The number of hydrogen-bond acceptors (Lipinski definition) is 1. The first-order valence-corrected chi connectivity index (χ1v) is 7.64. The lowest BCUT2D eigenvalue weighted by Crippen LogP contribution is -2.18. The molecule has 0 aliphatic rings. The molecule has 0 aliphatic heterocycles. The van der Waals surface area contributed by atoms with Gasteiger partial charge in [0.05, 0.1) is 0 Å². The molecule has 0 fully saturated rings. The maximum atomic E-state index is 6.23. The van der Waals surface area contributed by atoms with E-state index >= 15 is 0 Å². The van der Waals surface area contributed by atoms with Crippen molar-refractivity contribution in [2.24, 2.45) is 0 Å². The van der Waals surface area contributed by atoms with Crippen LogP contribution in [0, 0.1) is 0 Å². The number of fused-ring (bicyclic) bond motifs is 1. The third-order valence-corrected chi connectivity index (χ3v) is 4.28. The first-order chi connectivity index (χ1) is 10.1. The van der Waals surface area contributed by atoms with E-state index in [1.54, 1.807) is 0 Å². The summed E-state index contributed by atoms with van der Waals surface area (Å²) in [6, 6.07) is 14.0. The van der Waals surface area contributed by atoms with Crippen molar-refractivity contribution >= 4 is 34.1 Å². The highest BCUT2D eigenvalue weighted by atomic mass is 35.5. The minimum absolute atomic E-state index is 0.191. The van der Waals surface area contributed by atoms with E-state index in [4.69, 9.17) is 23.2 Å². The number of nitrogens with one attached hydrogen (secondary N) is 2. The molecule has 0 aliphatic carbocycles. The molecular weight excluding hydrogens is 303 g/mol. The van der Waals surface area contributed by atoms with Crippen LogP contribution in [0.1, 0.15) is 24.1 Å². The van der Waals surface area contributed by atoms with Gasteiger partial charge in [-0.3, -0.25) is 0 Å². The summed E-state index contributed by atoms with van der Waals surface area (Å²) < 4.78 is 0. The van der Waals surface area contributed by atoms with Crippen LogP contribution in [0.4, 0.5) is 0 Å². The Balaban J connectivity index is 1.76. The van der Waals surface area contributed by atoms with E-state index in [1.807, 2.05) is 42.6 Å². The van der Waals surface area contributed by atoms with Gasteiger partial charge in [0.15, 0.2) is 0 Å². The number of halogens is 2. The number of benzene rings is 2. The second-order valence-corrected chi connectivity index (χ2v) is 5.97. The Morgan fingerprint density at radius 2 is 1.95 bits per heavy atom. The van der Waals surface area contributed by atoms with Gasteiger partial charge in [-0.05, 0) is 36.2 Å². The van der Waals surface area contributed by atoms with Gasteiger partial charge in [-0.2, -0.15) is 0 Å². The van der Waals surface area contributed by atoms with Crippen LogP contribution in [0.5, 0.6) is 0 Å². The molecule has 1 aromatic heterocycles. The molecule has 0 bridgehead atoms. The summed E-state index contributed by atoms with van der Waals surface area (Å²) in [4.78, 5) is 3.25. The zero-order valence-electron chi connectivity index (χ0n) is 11.7. The van der Waals surface area contributed by atoms with Crippen LogP contribution in [0.25, 0.3) is 10.9 Å². The van der Waals surface area contributed by atoms with Crippen molar-refractivity contribution in [3.05, 3.63) is 69.8 Å². The van der Waals surface area contributed by atoms with E-state index in [9.17, 15) is 0 Å². The first kappa shape index (κ1) is 14.5. The molecule has 1 heterocycles. The maximum absolute atomic E-state index is 6.23. The van der Waals surface area contributed by atoms with Crippen molar-refractivity contribution in [1.82, 2.24) is 10.3 Å². The summed E-state index contributed by atoms with van der Waals surface area (Å²) in [6.07, 6.45) is 2.02. The van der Waals surface area contributed by atoms with Gasteiger partial charge >= 0.3 is 0 Å². The second-order valence-electron chi connectivity index (χ2n) is 5.13. The van der Waals surface area contributed by atoms with Gasteiger partial charge in [0.25, 0.3) is 0 Å². The Morgan fingerprint density at radius 1 is 1.14 bits per heavy atom. The van der Waals surface area contributed by atoms with Gasteiger partial charge in [-0.15, -0.1) is 0 Å². The molecule has 1 unspecified atom stereocenters. The topological polar surface area (TPSA) is 27.8 Å². The van der Waals surface area contributed by atoms with Crippen LogP contribution in [-0.2, 0) is 6.54 Å². The lowest BCUT2D eigenvalue weighted by Gasteiger charge is -2.15. The van der Waals surface area contributed by atoms with Crippen LogP contribution in [0.2, 0.25) is 10.0 Å². The van der Waals surface area contributed by atoms with Crippen LogP contribution >= 0.6 is 23.2 Å². The fourth-order valence-electron chi connectivity index (χ4n) is 2.50. The molecule has 4 heteroatoms. The van der Waals surface area contributed by atoms with Gasteiger partial charge in [-0.25, -0.2) is 0 Å². The molecule has 0 saturated heterocycles. The Bertz CT molecular complexity index is 764. The van der Waals surface area contributed by atoms with Crippen molar-refractivity contribution < 1.29 is 0 Å². The minimum atomic E-state index is 0.191. The molecule has 0 spiro atoms. The molecule has 0 radical (unpaired) electrons. The van der Waals surface area contributed by atoms with Gasteiger partial charge < -0.3 is 10.3 Å². The Morgan fingerprint density at radius 3 is 2.76 bits per heavy atom. The van der Waals surface area contributed by atoms with Gasteiger partial charge in [-0.1, -0.05) is 47.5 Å². The number of aromatic nitrogens is 1. The fraction of sp³-hybridized carbons (Fsp3) is 0.176. The average Bonchev–Trinajstić information content (AvgIpc) is 2.87. The highest BCUT2D eigenvalue weighted by Crippen LogP contribution is 2.25. The monoisotopic (exact) mass is 318 g/mol. The molecular formula is C17H16Cl2N2. The normalized spacial score (nSPS) is 12.7. The van der Waals surface area contributed by atoms with E-state index in [0.717, 1.165) is 27.7 Å². The SMILES string of the molecule is CC(NCc1c[nH]c2cc(Cl)ccc12)c1ccccc1Cl. The largest absolute Gasteiger partial charge is 0.361 e. The second kappa shape index (κ2) is 6.10. The summed E-state index contributed by atoms with van der Waals surface area (Å²) in [5, 5.41) is 6.24.